The van der Waals surface area contributed by atoms with Gasteiger partial charge in [-0.05, 0) is 64.4 Å². The molecule has 0 radical (unpaired) electrons. The normalized spacial score (nSPS) is 11.0. The van der Waals surface area contributed by atoms with Crippen LogP contribution >= 0.6 is 0 Å². The van der Waals surface area contributed by atoms with Crippen LogP contribution in [0.15, 0.2) is 96.6 Å². The van der Waals surface area contributed by atoms with E-state index in [1.54, 1.807) is 30.3 Å². The van der Waals surface area contributed by atoms with Crippen LogP contribution in [0.1, 0.15) is 21.5 Å². The molecule has 0 aliphatic carbocycles. The predicted octanol–water partition coefficient (Wildman–Crippen LogP) is 5.66. The smallest absolute Gasteiger partial charge is 0.335 e. The summed E-state index contributed by atoms with van der Waals surface area (Å²) < 4.78 is 5.87. The number of carbonyl (C=O) groups is 2. The van der Waals surface area contributed by atoms with Gasteiger partial charge < -0.3 is 15.2 Å². The Morgan fingerprint density at radius 3 is 2.41 bits per heavy atom. The number of carboxylic acids is 1. The highest BCUT2D eigenvalue weighted by molar-refractivity contribution is 6.10. The number of anilines is 1. The van der Waals surface area contributed by atoms with Gasteiger partial charge in [0.05, 0.1) is 5.56 Å². The molecule has 2 N–H and O–H groups in total. The molecule has 0 bridgehead atoms. The summed E-state index contributed by atoms with van der Waals surface area (Å²) in [5, 5.41) is 23.4. The van der Waals surface area contributed by atoms with Crippen molar-refractivity contribution in [3.05, 3.63) is 113 Å². The lowest BCUT2D eigenvalue weighted by Crippen LogP contribution is -2.13. The summed E-state index contributed by atoms with van der Waals surface area (Å²) in [5.41, 5.74) is 1.94. The number of amides is 1. The van der Waals surface area contributed by atoms with Crippen LogP contribution in [0.25, 0.3) is 16.8 Å². The number of carbonyl (C=O) groups excluding carboxylic acids is 1. The Hall–Kier alpha value is -4.89. The Balaban J connectivity index is 1.40. The van der Waals surface area contributed by atoms with Crippen LogP contribution in [0.2, 0.25) is 0 Å². The summed E-state index contributed by atoms with van der Waals surface area (Å²) in [4.78, 5) is 23.6. The molecular weight excluding hydrogens is 428 g/mol. The average Bonchev–Trinajstić information content (AvgIpc) is 2.86. The van der Waals surface area contributed by atoms with Gasteiger partial charge in [-0.15, -0.1) is 0 Å². The van der Waals surface area contributed by atoms with E-state index in [2.05, 4.69) is 29.6 Å². The lowest BCUT2D eigenvalue weighted by Gasteiger charge is -2.08. The Labute approximate surface area is 196 Å². The minimum absolute atomic E-state index is 0.0413. The summed E-state index contributed by atoms with van der Waals surface area (Å²) >= 11 is 0. The number of hydrogen-bond donors (Lipinski definition) is 2. The predicted molar refractivity (Wildman–Crippen MR) is 130 cm³/mol. The van der Waals surface area contributed by atoms with Gasteiger partial charge in [-0.3, -0.25) is 4.79 Å². The summed E-state index contributed by atoms with van der Waals surface area (Å²) in [7, 11) is 0. The zero-order valence-electron chi connectivity index (χ0n) is 18.1. The van der Waals surface area contributed by atoms with E-state index in [1.165, 1.54) is 29.7 Å². The molecule has 34 heavy (non-hydrogen) atoms. The van der Waals surface area contributed by atoms with Gasteiger partial charge in [0.25, 0.3) is 5.91 Å². The van der Waals surface area contributed by atoms with Crippen molar-refractivity contribution in [3.63, 3.8) is 0 Å². The summed E-state index contributed by atoms with van der Waals surface area (Å²) in [6.07, 6.45) is 1.46. The number of nitriles is 1. The van der Waals surface area contributed by atoms with Crippen LogP contribution in [0, 0.1) is 11.3 Å². The van der Waals surface area contributed by atoms with Crippen molar-refractivity contribution in [1.29, 1.82) is 5.26 Å². The van der Waals surface area contributed by atoms with Gasteiger partial charge in [0.1, 0.15) is 24.0 Å². The zero-order valence-corrected chi connectivity index (χ0v) is 18.1. The number of carboxylic acid groups (broad SMARTS) is 1. The molecule has 6 nitrogen and oxygen atoms in total. The lowest BCUT2D eigenvalue weighted by atomic mass is 10.1. The van der Waals surface area contributed by atoms with E-state index in [4.69, 9.17) is 9.84 Å². The minimum Gasteiger partial charge on any atom is -0.489 e. The maximum Gasteiger partial charge on any atom is 0.335 e. The highest BCUT2D eigenvalue weighted by atomic mass is 16.5. The monoisotopic (exact) mass is 448 g/mol. The Kier molecular flexibility index (Phi) is 6.66. The number of hydrogen-bond acceptors (Lipinski definition) is 4. The highest BCUT2D eigenvalue weighted by Crippen LogP contribution is 2.20. The van der Waals surface area contributed by atoms with Gasteiger partial charge in [0, 0.05) is 5.69 Å². The molecule has 0 heterocycles. The van der Waals surface area contributed by atoms with E-state index in [0.29, 0.717) is 23.6 Å². The highest BCUT2D eigenvalue weighted by Gasteiger charge is 2.11. The van der Waals surface area contributed by atoms with E-state index in [1.807, 2.05) is 24.3 Å². The van der Waals surface area contributed by atoms with Gasteiger partial charge in [-0.1, -0.05) is 54.6 Å². The van der Waals surface area contributed by atoms with Crippen molar-refractivity contribution in [3.8, 4) is 11.8 Å². The Bertz CT molecular complexity index is 1430. The molecule has 0 saturated carbocycles. The van der Waals surface area contributed by atoms with E-state index in [0.717, 1.165) is 10.9 Å². The fourth-order valence-electron chi connectivity index (χ4n) is 3.40. The van der Waals surface area contributed by atoms with Crippen LogP contribution in [0.3, 0.4) is 0 Å². The third kappa shape index (κ3) is 5.47. The van der Waals surface area contributed by atoms with Gasteiger partial charge in [0.15, 0.2) is 0 Å². The molecule has 4 aromatic carbocycles. The van der Waals surface area contributed by atoms with Gasteiger partial charge in [-0.25, -0.2) is 4.79 Å². The van der Waals surface area contributed by atoms with Gasteiger partial charge in [-0.2, -0.15) is 5.26 Å². The molecule has 0 aliphatic heterocycles. The number of ether oxygens (including phenoxy) is 1. The van der Waals surface area contributed by atoms with Crippen molar-refractivity contribution in [1.82, 2.24) is 0 Å². The average molecular weight is 448 g/mol. The van der Waals surface area contributed by atoms with E-state index >= 15 is 0 Å². The number of fused-ring (bicyclic) bond motifs is 1. The number of rotatable bonds is 7. The minimum atomic E-state index is -1.10. The van der Waals surface area contributed by atoms with Crippen molar-refractivity contribution in [2.45, 2.75) is 6.61 Å². The van der Waals surface area contributed by atoms with Crippen molar-refractivity contribution in [2.24, 2.45) is 0 Å². The fraction of sp³-hybridized carbons (Fsp3) is 0.0357. The lowest BCUT2D eigenvalue weighted by molar-refractivity contribution is -0.112. The quantitative estimate of drug-likeness (QED) is 0.281. The molecule has 0 unspecified atom stereocenters. The Morgan fingerprint density at radius 2 is 1.68 bits per heavy atom. The molecule has 1 amide bonds. The number of aromatic carboxylic acids is 1. The molecule has 0 fully saturated rings. The summed E-state index contributed by atoms with van der Waals surface area (Å²) in [6.45, 7) is 0.418. The molecular formula is C28H20N2O4. The second-order valence-electron chi connectivity index (χ2n) is 7.55. The molecule has 0 spiro atoms. The summed E-state index contributed by atoms with van der Waals surface area (Å²) in [5.74, 6) is -1.06. The first kappa shape index (κ1) is 22.3. The van der Waals surface area contributed by atoms with E-state index < -0.39 is 11.9 Å². The second kappa shape index (κ2) is 10.2. The first-order valence-corrected chi connectivity index (χ1v) is 10.5. The molecule has 0 atom stereocenters. The molecule has 0 aliphatic rings. The van der Waals surface area contributed by atoms with Gasteiger partial charge >= 0.3 is 5.97 Å². The molecule has 0 saturated heterocycles. The fourth-order valence-corrected chi connectivity index (χ4v) is 3.40. The van der Waals surface area contributed by atoms with Crippen LogP contribution in [0.4, 0.5) is 5.69 Å². The summed E-state index contributed by atoms with van der Waals surface area (Å²) in [6, 6.07) is 29.1. The van der Waals surface area contributed by atoms with Crippen LogP contribution < -0.4 is 10.1 Å². The first-order chi connectivity index (χ1) is 16.5. The Morgan fingerprint density at radius 1 is 0.912 bits per heavy atom. The number of nitrogens with one attached hydrogen (secondary N) is 1. The largest absolute Gasteiger partial charge is 0.489 e. The van der Waals surface area contributed by atoms with Crippen molar-refractivity contribution >= 4 is 34.4 Å². The van der Waals surface area contributed by atoms with Crippen LogP contribution in [0.5, 0.6) is 5.75 Å². The molecule has 4 aromatic rings. The first-order valence-electron chi connectivity index (χ1n) is 10.5. The maximum absolute atomic E-state index is 12.5. The van der Waals surface area contributed by atoms with Gasteiger partial charge in [0.2, 0.25) is 0 Å². The van der Waals surface area contributed by atoms with Crippen molar-refractivity contribution in [2.75, 3.05) is 5.32 Å². The van der Waals surface area contributed by atoms with Crippen LogP contribution in [-0.2, 0) is 11.4 Å². The zero-order chi connectivity index (χ0) is 23.9. The molecule has 166 valence electrons. The molecule has 4 rings (SSSR count). The van der Waals surface area contributed by atoms with E-state index in [-0.39, 0.29) is 11.1 Å². The standard InChI is InChI=1S/C28H20N2O4/c29-17-24(27(31)30-25-7-3-6-23(16-25)28(32)33)14-19-9-12-26(13-10-19)34-18-20-8-11-21-4-1-2-5-22(21)15-20/h1-16H,18H2,(H,30,31)(H,32,33)/b24-14-. The number of benzene rings is 4. The number of nitrogens with zero attached hydrogens (tertiary/aromatic N) is 1. The van der Waals surface area contributed by atoms with Crippen LogP contribution in [-0.4, -0.2) is 17.0 Å². The third-order valence-electron chi connectivity index (χ3n) is 5.14. The maximum atomic E-state index is 12.5. The van der Waals surface area contributed by atoms with E-state index in [9.17, 15) is 14.9 Å². The molecule has 0 aromatic heterocycles. The third-order valence-corrected chi connectivity index (χ3v) is 5.14. The second-order valence-corrected chi connectivity index (χ2v) is 7.55. The topological polar surface area (TPSA) is 99.4 Å². The van der Waals surface area contributed by atoms with Crippen molar-refractivity contribution < 1.29 is 19.4 Å². The SMILES string of the molecule is N#C/C(=C/c1ccc(OCc2ccc3ccccc3c2)cc1)C(=O)Nc1cccc(C(=O)O)c1. The molecule has 6 heteroatoms.